The van der Waals surface area contributed by atoms with Gasteiger partial charge in [0.1, 0.15) is 6.04 Å². The van der Waals surface area contributed by atoms with Gasteiger partial charge in [0.05, 0.1) is 0 Å². The van der Waals surface area contributed by atoms with Gasteiger partial charge < -0.3 is 20.2 Å². The van der Waals surface area contributed by atoms with Crippen molar-refractivity contribution in [1.82, 2.24) is 15.1 Å². The number of carbonyl (C=O) groups is 2. The average molecular weight is 285 g/mol. The van der Waals surface area contributed by atoms with Crippen LogP contribution < -0.4 is 5.32 Å². The third kappa shape index (κ3) is 3.85. The van der Waals surface area contributed by atoms with Crippen molar-refractivity contribution < 1.29 is 14.7 Å². The third-order valence-corrected chi connectivity index (χ3v) is 4.28. The summed E-state index contributed by atoms with van der Waals surface area (Å²) in [5.74, 6) is -0.659. The van der Waals surface area contributed by atoms with Crippen LogP contribution in [0.4, 0.5) is 4.79 Å². The Morgan fingerprint density at radius 2 is 2.00 bits per heavy atom. The van der Waals surface area contributed by atoms with Gasteiger partial charge in [-0.3, -0.25) is 0 Å². The molecule has 6 heteroatoms. The van der Waals surface area contributed by atoms with Gasteiger partial charge in [-0.25, -0.2) is 9.59 Å². The second-order valence-electron chi connectivity index (χ2n) is 6.06. The van der Waals surface area contributed by atoms with Crippen LogP contribution in [0.5, 0.6) is 0 Å². The SMILES string of the molecule is CC[C@H](C)[C@H](NC(=O)N1CC(C)C(N(C)C)C1)C(=O)O. The topological polar surface area (TPSA) is 72.9 Å². The Morgan fingerprint density at radius 1 is 1.40 bits per heavy atom. The van der Waals surface area contributed by atoms with E-state index in [1.165, 1.54) is 0 Å². The molecule has 1 saturated heterocycles. The van der Waals surface area contributed by atoms with Crippen molar-refractivity contribution >= 4 is 12.0 Å². The number of nitrogens with one attached hydrogen (secondary N) is 1. The van der Waals surface area contributed by atoms with Crippen molar-refractivity contribution in [2.45, 2.75) is 39.3 Å². The zero-order valence-corrected chi connectivity index (χ0v) is 13.1. The van der Waals surface area contributed by atoms with Crippen molar-refractivity contribution in [2.24, 2.45) is 11.8 Å². The fourth-order valence-corrected chi connectivity index (χ4v) is 2.70. The number of likely N-dealkylation sites (N-methyl/N-ethyl adjacent to an activating group) is 1. The van der Waals surface area contributed by atoms with Gasteiger partial charge in [-0.2, -0.15) is 0 Å². The molecule has 1 aliphatic heterocycles. The van der Waals surface area contributed by atoms with E-state index in [9.17, 15) is 14.7 Å². The number of urea groups is 1. The Labute approximate surface area is 121 Å². The summed E-state index contributed by atoms with van der Waals surface area (Å²) < 4.78 is 0. The standard InChI is InChI=1S/C14H27N3O3/c1-6-9(2)12(13(18)19)15-14(20)17-7-10(3)11(8-17)16(4)5/h9-12H,6-8H2,1-5H3,(H,15,20)(H,18,19)/t9-,10?,11?,12-/m0/s1. The summed E-state index contributed by atoms with van der Waals surface area (Å²) in [6.07, 6.45) is 0.716. The maximum Gasteiger partial charge on any atom is 0.326 e. The van der Waals surface area contributed by atoms with Gasteiger partial charge in [0.25, 0.3) is 0 Å². The number of amides is 2. The highest BCUT2D eigenvalue weighted by molar-refractivity contribution is 5.83. The maximum absolute atomic E-state index is 12.2. The molecule has 2 unspecified atom stereocenters. The zero-order chi connectivity index (χ0) is 15.4. The molecular formula is C14H27N3O3. The van der Waals surface area contributed by atoms with Crippen LogP contribution in [0, 0.1) is 11.8 Å². The second kappa shape index (κ2) is 6.92. The summed E-state index contributed by atoms with van der Waals surface area (Å²) in [5, 5.41) is 11.9. The minimum Gasteiger partial charge on any atom is -0.480 e. The van der Waals surface area contributed by atoms with E-state index < -0.39 is 12.0 Å². The van der Waals surface area contributed by atoms with E-state index in [2.05, 4.69) is 17.1 Å². The molecule has 1 fully saturated rings. The molecule has 1 heterocycles. The largest absolute Gasteiger partial charge is 0.480 e. The van der Waals surface area contributed by atoms with Crippen LogP contribution in [0.2, 0.25) is 0 Å². The summed E-state index contributed by atoms with van der Waals surface area (Å²) in [7, 11) is 4.00. The summed E-state index contributed by atoms with van der Waals surface area (Å²) in [6.45, 7) is 7.19. The van der Waals surface area contributed by atoms with Gasteiger partial charge in [-0.1, -0.05) is 27.2 Å². The summed E-state index contributed by atoms with van der Waals surface area (Å²) in [6, 6.07) is -0.761. The van der Waals surface area contributed by atoms with Crippen LogP contribution in [0.3, 0.4) is 0 Å². The second-order valence-corrected chi connectivity index (χ2v) is 6.06. The zero-order valence-electron chi connectivity index (χ0n) is 13.1. The van der Waals surface area contributed by atoms with E-state index in [-0.39, 0.29) is 11.9 Å². The first-order chi connectivity index (χ1) is 9.27. The molecule has 116 valence electrons. The molecule has 0 aliphatic carbocycles. The lowest BCUT2D eigenvalue weighted by Crippen LogP contribution is -2.50. The lowest BCUT2D eigenvalue weighted by atomic mass is 9.99. The lowest BCUT2D eigenvalue weighted by Gasteiger charge is -2.25. The van der Waals surface area contributed by atoms with E-state index in [4.69, 9.17) is 0 Å². The highest BCUT2D eigenvalue weighted by Crippen LogP contribution is 2.20. The fourth-order valence-electron chi connectivity index (χ4n) is 2.70. The molecule has 0 radical (unpaired) electrons. The van der Waals surface area contributed by atoms with Gasteiger partial charge in [0.2, 0.25) is 0 Å². The lowest BCUT2D eigenvalue weighted by molar-refractivity contribution is -0.140. The molecule has 0 bridgehead atoms. The third-order valence-electron chi connectivity index (χ3n) is 4.28. The highest BCUT2D eigenvalue weighted by Gasteiger charge is 2.35. The van der Waals surface area contributed by atoms with Crippen LogP contribution in [0.1, 0.15) is 27.2 Å². The minimum atomic E-state index is -0.968. The van der Waals surface area contributed by atoms with Crippen LogP contribution in [0.15, 0.2) is 0 Å². The molecule has 20 heavy (non-hydrogen) atoms. The molecule has 0 aromatic carbocycles. The van der Waals surface area contributed by atoms with E-state index in [1.807, 2.05) is 27.9 Å². The number of carboxylic acid groups (broad SMARTS) is 1. The van der Waals surface area contributed by atoms with Crippen LogP contribution >= 0.6 is 0 Å². The number of likely N-dealkylation sites (tertiary alicyclic amines) is 1. The molecule has 1 aliphatic rings. The van der Waals surface area contributed by atoms with Gasteiger partial charge in [0.15, 0.2) is 0 Å². The molecule has 6 nitrogen and oxygen atoms in total. The van der Waals surface area contributed by atoms with Crippen molar-refractivity contribution in [3.8, 4) is 0 Å². The first-order valence-electron chi connectivity index (χ1n) is 7.22. The molecule has 0 spiro atoms. The molecule has 4 atom stereocenters. The Bertz CT molecular complexity index is 360. The molecule has 2 amide bonds. The number of carboxylic acids is 1. The van der Waals surface area contributed by atoms with E-state index in [1.54, 1.807) is 4.90 Å². The van der Waals surface area contributed by atoms with Crippen LogP contribution in [-0.4, -0.2) is 66.2 Å². The fraction of sp³-hybridized carbons (Fsp3) is 0.857. The Morgan fingerprint density at radius 3 is 2.40 bits per heavy atom. The van der Waals surface area contributed by atoms with Gasteiger partial charge >= 0.3 is 12.0 Å². The number of aliphatic carboxylic acids is 1. The number of hydrogen-bond donors (Lipinski definition) is 2. The molecule has 2 N–H and O–H groups in total. The summed E-state index contributed by atoms with van der Waals surface area (Å²) >= 11 is 0. The van der Waals surface area contributed by atoms with Crippen molar-refractivity contribution in [1.29, 1.82) is 0 Å². The van der Waals surface area contributed by atoms with Crippen molar-refractivity contribution in [3.63, 3.8) is 0 Å². The Hall–Kier alpha value is -1.30. The molecule has 0 aromatic rings. The van der Waals surface area contributed by atoms with E-state index >= 15 is 0 Å². The van der Waals surface area contributed by atoms with Gasteiger partial charge in [0, 0.05) is 19.1 Å². The highest BCUT2D eigenvalue weighted by atomic mass is 16.4. The number of rotatable bonds is 5. The van der Waals surface area contributed by atoms with Crippen molar-refractivity contribution in [2.75, 3.05) is 27.2 Å². The average Bonchev–Trinajstić information content (AvgIpc) is 2.76. The molecule has 0 saturated carbocycles. The summed E-state index contributed by atoms with van der Waals surface area (Å²) in [4.78, 5) is 27.3. The van der Waals surface area contributed by atoms with Crippen LogP contribution in [0.25, 0.3) is 0 Å². The minimum absolute atomic E-state index is 0.0823. The first-order valence-corrected chi connectivity index (χ1v) is 7.22. The Kier molecular flexibility index (Phi) is 5.80. The smallest absolute Gasteiger partial charge is 0.326 e. The number of hydrogen-bond acceptors (Lipinski definition) is 3. The number of carbonyl (C=O) groups excluding carboxylic acids is 1. The van der Waals surface area contributed by atoms with Gasteiger partial charge in [-0.05, 0) is 25.9 Å². The molecule has 0 aromatic heterocycles. The first kappa shape index (κ1) is 16.8. The Balaban J connectivity index is 2.65. The quantitative estimate of drug-likeness (QED) is 0.793. The monoisotopic (exact) mass is 285 g/mol. The van der Waals surface area contributed by atoms with Gasteiger partial charge in [-0.15, -0.1) is 0 Å². The number of nitrogens with zero attached hydrogens (tertiary/aromatic N) is 2. The maximum atomic E-state index is 12.2. The summed E-state index contributed by atoms with van der Waals surface area (Å²) in [5.41, 5.74) is 0. The molecular weight excluding hydrogens is 258 g/mol. The van der Waals surface area contributed by atoms with Crippen molar-refractivity contribution in [3.05, 3.63) is 0 Å². The normalized spacial score (nSPS) is 25.6. The predicted octanol–water partition coefficient (Wildman–Crippen LogP) is 1.08. The predicted molar refractivity (Wildman–Crippen MR) is 77.6 cm³/mol. The molecule has 1 rings (SSSR count). The van der Waals surface area contributed by atoms with E-state index in [0.29, 0.717) is 31.5 Å². The van der Waals surface area contributed by atoms with Crippen LogP contribution in [-0.2, 0) is 4.79 Å². The van der Waals surface area contributed by atoms with E-state index in [0.717, 1.165) is 0 Å².